The third-order valence-electron chi connectivity index (χ3n) is 4.86. The maximum atomic E-state index is 12.8. The summed E-state index contributed by atoms with van der Waals surface area (Å²) in [6, 6.07) is 16.6. The van der Waals surface area contributed by atoms with Gasteiger partial charge in [-0.25, -0.2) is 9.59 Å². The van der Waals surface area contributed by atoms with Gasteiger partial charge in [-0.3, -0.25) is 4.79 Å². The summed E-state index contributed by atoms with van der Waals surface area (Å²) < 4.78 is 22.6. The molecule has 33 heavy (non-hydrogen) atoms. The average molecular weight is 472 g/mol. The molecule has 11 heteroatoms. The van der Waals surface area contributed by atoms with Crippen LogP contribution in [0.3, 0.4) is 0 Å². The number of esters is 3. The van der Waals surface area contributed by atoms with E-state index in [0.29, 0.717) is 5.56 Å². The molecule has 3 rings (SSSR count). The van der Waals surface area contributed by atoms with E-state index in [1.807, 2.05) is 0 Å². The highest BCUT2D eigenvalue weighted by Crippen LogP contribution is 2.35. The summed E-state index contributed by atoms with van der Waals surface area (Å²) in [6.07, 6.45) is -4.34. The lowest BCUT2D eigenvalue weighted by Gasteiger charge is -2.26. The fraction of sp³-hybridized carbons (Fsp3) is 0.318. The first kappa shape index (κ1) is 24.9. The van der Waals surface area contributed by atoms with E-state index in [-0.39, 0.29) is 20.0 Å². The molecular formula is C22H24BNO8P. The van der Waals surface area contributed by atoms with E-state index in [1.165, 1.54) is 6.92 Å². The second-order valence-corrected chi connectivity index (χ2v) is 8.74. The summed E-state index contributed by atoms with van der Waals surface area (Å²) in [6.45, 7) is 3.00. The van der Waals surface area contributed by atoms with Crippen molar-refractivity contribution >= 4 is 34.3 Å². The minimum atomic E-state index is -1.28. The Balaban J connectivity index is 1.90. The molecule has 0 saturated carbocycles. The number of carbonyl (C=O) groups excluding carboxylic acids is 3. The third kappa shape index (κ3) is 6.61. The van der Waals surface area contributed by atoms with Gasteiger partial charge in [0, 0.05) is 12.6 Å². The zero-order valence-corrected chi connectivity index (χ0v) is 19.0. The number of ether oxygens (including phenoxy) is 4. The Hall–Kier alpha value is -2.78. The van der Waals surface area contributed by atoms with Crippen LogP contribution in [0.4, 0.5) is 0 Å². The van der Waals surface area contributed by atoms with Crippen molar-refractivity contribution in [2.45, 2.75) is 44.1 Å². The minimum absolute atomic E-state index is 0.0197. The molecule has 9 nitrogen and oxygen atoms in total. The topological polar surface area (TPSA) is 120 Å². The van der Waals surface area contributed by atoms with Crippen molar-refractivity contribution in [3.63, 3.8) is 0 Å². The van der Waals surface area contributed by atoms with Crippen LogP contribution in [0.15, 0.2) is 60.7 Å². The van der Waals surface area contributed by atoms with Crippen molar-refractivity contribution in [1.29, 1.82) is 0 Å². The van der Waals surface area contributed by atoms with Crippen LogP contribution in [0, 0.1) is 0 Å². The van der Waals surface area contributed by atoms with Gasteiger partial charge in [-0.15, -0.1) is 0 Å². The molecule has 2 aromatic rings. The molecular weight excluding hydrogens is 448 g/mol. The van der Waals surface area contributed by atoms with Crippen LogP contribution >= 0.6 is 8.73 Å². The van der Waals surface area contributed by atoms with Gasteiger partial charge in [0.2, 0.25) is 12.4 Å². The lowest BCUT2D eigenvalue weighted by molar-refractivity contribution is -0.186. The monoisotopic (exact) mass is 472 g/mol. The van der Waals surface area contributed by atoms with Gasteiger partial charge in [0.05, 0.1) is 11.1 Å². The van der Waals surface area contributed by atoms with E-state index >= 15 is 0 Å². The summed E-state index contributed by atoms with van der Waals surface area (Å²) in [5, 5.41) is 8.99. The van der Waals surface area contributed by atoms with Crippen molar-refractivity contribution in [3.8, 4) is 0 Å². The average Bonchev–Trinajstić information content (AvgIpc) is 3.14. The lowest BCUT2D eigenvalue weighted by atomic mass is 10.1. The van der Waals surface area contributed by atoms with Crippen molar-refractivity contribution in [2.75, 3.05) is 0 Å². The molecule has 0 spiro atoms. The quantitative estimate of drug-likeness (QED) is 0.244. The fourth-order valence-electron chi connectivity index (χ4n) is 3.35. The Kier molecular flexibility index (Phi) is 8.97. The van der Waals surface area contributed by atoms with Gasteiger partial charge in [-0.05, 0) is 24.3 Å². The highest BCUT2D eigenvalue weighted by atomic mass is 31.1. The molecule has 1 heterocycles. The number of hydrogen-bond donors (Lipinski definition) is 2. The molecule has 0 bridgehead atoms. The van der Waals surface area contributed by atoms with Gasteiger partial charge in [0.15, 0.2) is 6.10 Å². The highest BCUT2D eigenvalue weighted by Gasteiger charge is 2.53. The summed E-state index contributed by atoms with van der Waals surface area (Å²) in [7, 11) is 0.777. The molecule has 0 aromatic heterocycles. The highest BCUT2D eigenvalue weighted by molar-refractivity contribution is 7.38. The van der Waals surface area contributed by atoms with Crippen LogP contribution in [-0.2, 0) is 23.7 Å². The molecule has 6 atom stereocenters. The summed E-state index contributed by atoms with van der Waals surface area (Å²) >= 11 is 0. The predicted molar refractivity (Wildman–Crippen MR) is 121 cm³/mol. The Morgan fingerprint density at radius 2 is 1.45 bits per heavy atom. The van der Waals surface area contributed by atoms with Crippen molar-refractivity contribution < 1.29 is 38.4 Å². The second kappa shape index (κ2) is 11.9. The Labute approximate surface area is 193 Å². The minimum Gasteiger partial charge on any atom is -0.452 e. The first-order chi connectivity index (χ1) is 15.9. The van der Waals surface area contributed by atoms with Gasteiger partial charge < -0.3 is 29.0 Å². The zero-order valence-electron chi connectivity index (χ0n) is 18.0. The van der Waals surface area contributed by atoms with Gasteiger partial charge in [0.1, 0.15) is 6.10 Å². The summed E-state index contributed by atoms with van der Waals surface area (Å²) in [4.78, 5) is 40.0. The van der Waals surface area contributed by atoms with E-state index in [9.17, 15) is 14.4 Å². The smallest absolute Gasteiger partial charge is 0.396 e. The third-order valence-corrected chi connectivity index (χ3v) is 5.94. The van der Waals surface area contributed by atoms with Gasteiger partial charge >= 0.3 is 25.5 Å². The first-order valence-electron chi connectivity index (χ1n) is 10.2. The maximum Gasteiger partial charge on any atom is 0.396 e. The summed E-state index contributed by atoms with van der Waals surface area (Å²) in [5.74, 6) is -1.97. The zero-order chi connectivity index (χ0) is 23.8. The summed E-state index contributed by atoms with van der Waals surface area (Å²) in [5.41, 5.74) is 0.278. The molecule has 0 aliphatic carbocycles. The Morgan fingerprint density at radius 1 is 0.939 bits per heavy atom. The molecule has 2 unspecified atom stereocenters. The van der Waals surface area contributed by atoms with Crippen molar-refractivity contribution in [2.24, 2.45) is 0 Å². The number of carbonyl (C=O) groups is 3. The second-order valence-electron chi connectivity index (χ2n) is 7.26. The van der Waals surface area contributed by atoms with Gasteiger partial charge in [-0.1, -0.05) is 52.1 Å². The molecule has 1 saturated heterocycles. The number of rotatable bonds is 9. The normalized spacial score (nSPS) is 23.1. The van der Waals surface area contributed by atoms with Crippen LogP contribution < -0.4 is 5.00 Å². The van der Waals surface area contributed by atoms with Gasteiger partial charge in [-0.2, -0.15) is 0 Å². The number of benzene rings is 2. The first-order valence-corrected chi connectivity index (χ1v) is 11.3. The SMILES string of the molecule is CC(=O)OC1O[C@H]([C@H](C)PN[B]O)[C@@H](OC(=O)c2ccccc2)[C@H]1OC(=O)c1ccccc1. The molecule has 0 amide bonds. The molecule has 2 N–H and O–H groups in total. The van der Waals surface area contributed by atoms with E-state index in [4.69, 9.17) is 24.0 Å². The van der Waals surface area contributed by atoms with E-state index < -0.39 is 42.5 Å². The standard InChI is InChI=1S/C22H24BNO8P/c1-13(33-24-23-28)17-18(30-20(26)15-9-5-3-6-10-15)19(22(32-17)29-14(2)25)31-21(27)16-11-7-4-8-12-16/h3-13,17-19,22,24,28,33H,1-2H3/t13-,17+,18+,19+,22?/m0/s1. The fourth-order valence-corrected chi connectivity index (χ4v) is 4.12. The Morgan fingerprint density at radius 3 is 1.94 bits per heavy atom. The molecule has 2 aromatic carbocycles. The molecule has 1 radical (unpaired) electrons. The van der Waals surface area contributed by atoms with E-state index in [1.54, 1.807) is 67.6 Å². The van der Waals surface area contributed by atoms with E-state index in [2.05, 4.69) is 5.00 Å². The Bertz CT molecular complexity index is 948. The number of hydrogen-bond acceptors (Lipinski definition) is 9. The lowest BCUT2D eigenvalue weighted by Crippen LogP contribution is -2.43. The van der Waals surface area contributed by atoms with E-state index in [0.717, 1.165) is 7.62 Å². The van der Waals surface area contributed by atoms with Gasteiger partial charge in [0.25, 0.3) is 0 Å². The van der Waals surface area contributed by atoms with Crippen molar-refractivity contribution in [3.05, 3.63) is 71.8 Å². The predicted octanol–water partition coefficient (Wildman–Crippen LogP) is 1.82. The maximum absolute atomic E-state index is 12.8. The van der Waals surface area contributed by atoms with Crippen LogP contribution in [-0.4, -0.2) is 60.8 Å². The molecule has 1 fully saturated rings. The number of nitrogens with one attached hydrogen (secondary N) is 1. The van der Waals surface area contributed by atoms with Crippen LogP contribution in [0.25, 0.3) is 0 Å². The largest absolute Gasteiger partial charge is 0.452 e. The molecule has 1 aliphatic rings. The van der Waals surface area contributed by atoms with Crippen LogP contribution in [0.5, 0.6) is 0 Å². The molecule has 1 aliphatic heterocycles. The van der Waals surface area contributed by atoms with Crippen LogP contribution in [0.2, 0.25) is 0 Å². The van der Waals surface area contributed by atoms with Crippen molar-refractivity contribution in [1.82, 2.24) is 5.00 Å². The molecule has 173 valence electrons. The van der Waals surface area contributed by atoms with Crippen LogP contribution in [0.1, 0.15) is 34.6 Å².